The number of hydrogen-bond acceptors (Lipinski definition) is 4. The second-order valence-corrected chi connectivity index (χ2v) is 6.34. The summed E-state index contributed by atoms with van der Waals surface area (Å²) in [7, 11) is 0. The Hall–Kier alpha value is -2.05. The van der Waals surface area contributed by atoms with E-state index in [1.54, 1.807) is 0 Å². The van der Waals surface area contributed by atoms with E-state index in [-0.39, 0.29) is 18.0 Å². The highest BCUT2D eigenvalue weighted by Gasteiger charge is 2.31. The van der Waals surface area contributed by atoms with Gasteiger partial charge in [-0.15, -0.1) is 0 Å². The fourth-order valence-corrected chi connectivity index (χ4v) is 3.51. The van der Waals surface area contributed by atoms with Crippen LogP contribution in [0.2, 0.25) is 0 Å². The molecule has 0 radical (unpaired) electrons. The van der Waals surface area contributed by atoms with Gasteiger partial charge in [-0.05, 0) is 33.1 Å². The lowest BCUT2D eigenvalue weighted by Crippen LogP contribution is -2.47. The summed E-state index contributed by atoms with van der Waals surface area (Å²) >= 11 is 0. The standard InChI is InChI=1S/C16H24N4O3/c1-11-14(12(2)23-18-11)3-4-15(21)19-8-5-13(6-9-19)20-10-7-17-16(20)22/h13H,3-10H2,1-2H3,(H,17,22). The van der Waals surface area contributed by atoms with Gasteiger partial charge in [0.05, 0.1) is 5.69 Å². The monoisotopic (exact) mass is 320 g/mol. The first-order chi connectivity index (χ1) is 11.1. The molecular formula is C16H24N4O3. The fourth-order valence-electron chi connectivity index (χ4n) is 3.51. The minimum absolute atomic E-state index is 0.0354. The first kappa shape index (κ1) is 15.8. The number of carbonyl (C=O) groups is 2. The molecule has 0 aromatic carbocycles. The van der Waals surface area contributed by atoms with Crippen LogP contribution < -0.4 is 5.32 Å². The van der Waals surface area contributed by atoms with Crippen LogP contribution in [0.4, 0.5) is 4.79 Å². The van der Waals surface area contributed by atoms with Crippen molar-refractivity contribution < 1.29 is 14.1 Å². The molecule has 23 heavy (non-hydrogen) atoms. The lowest BCUT2D eigenvalue weighted by Gasteiger charge is -2.36. The van der Waals surface area contributed by atoms with Gasteiger partial charge in [-0.2, -0.15) is 0 Å². The minimum Gasteiger partial charge on any atom is -0.361 e. The van der Waals surface area contributed by atoms with Gasteiger partial charge in [-0.25, -0.2) is 4.79 Å². The molecule has 3 rings (SSSR count). The summed E-state index contributed by atoms with van der Waals surface area (Å²) in [6.07, 6.45) is 2.89. The van der Waals surface area contributed by atoms with Crippen molar-refractivity contribution in [3.8, 4) is 0 Å². The molecule has 1 aromatic heterocycles. The number of aromatic nitrogens is 1. The lowest BCUT2D eigenvalue weighted by molar-refractivity contribution is -0.132. The van der Waals surface area contributed by atoms with Gasteiger partial charge in [0.15, 0.2) is 0 Å². The molecule has 3 heterocycles. The van der Waals surface area contributed by atoms with Gasteiger partial charge in [0.25, 0.3) is 0 Å². The molecule has 1 aromatic rings. The zero-order chi connectivity index (χ0) is 16.4. The fraction of sp³-hybridized carbons (Fsp3) is 0.688. The quantitative estimate of drug-likeness (QED) is 0.905. The van der Waals surface area contributed by atoms with E-state index in [1.165, 1.54) is 0 Å². The van der Waals surface area contributed by atoms with Gasteiger partial charge in [0.1, 0.15) is 5.76 Å². The molecule has 0 spiro atoms. The summed E-state index contributed by atoms with van der Waals surface area (Å²) in [6.45, 7) is 6.76. The Balaban J connectivity index is 1.47. The number of nitrogens with zero attached hydrogens (tertiary/aromatic N) is 3. The molecular weight excluding hydrogens is 296 g/mol. The molecule has 3 amide bonds. The molecule has 2 aliphatic rings. The molecule has 2 saturated heterocycles. The number of urea groups is 1. The largest absolute Gasteiger partial charge is 0.361 e. The van der Waals surface area contributed by atoms with Gasteiger partial charge >= 0.3 is 6.03 Å². The lowest BCUT2D eigenvalue weighted by atomic mass is 10.0. The number of hydrogen-bond donors (Lipinski definition) is 1. The second-order valence-electron chi connectivity index (χ2n) is 6.34. The van der Waals surface area contributed by atoms with Crippen LogP contribution in [0.3, 0.4) is 0 Å². The molecule has 0 unspecified atom stereocenters. The number of piperidine rings is 1. The summed E-state index contributed by atoms with van der Waals surface area (Å²) in [5, 5.41) is 6.76. The predicted molar refractivity (Wildman–Crippen MR) is 84.0 cm³/mol. The zero-order valence-electron chi connectivity index (χ0n) is 13.8. The van der Waals surface area contributed by atoms with Crippen molar-refractivity contribution in [2.24, 2.45) is 0 Å². The zero-order valence-corrected chi connectivity index (χ0v) is 13.8. The van der Waals surface area contributed by atoms with E-state index in [1.807, 2.05) is 23.6 Å². The van der Waals surface area contributed by atoms with Gasteiger partial charge in [0.2, 0.25) is 5.91 Å². The first-order valence-electron chi connectivity index (χ1n) is 8.30. The number of rotatable bonds is 4. The summed E-state index contributed by atoms with van der Waals surface area (Å²) in [5.74, 6) is 0.975. The van der Waals surface area contributed by atoms with E-state index in [0.717, 1.165) is 56.0 Å². The first-order valence-corrected chi connectivity index (χ1v) is 8.30. The number of aryl methyl sites for hydroxylation is 2. The van der Waals surface area contributed by atoms with Crippen LogP contribution in [0.15, 0.2) is 4.52 Å². The molecule has 0 aliphatic carbocycles. The molecule has 7 nitrogen and oxygen atoms in total. The second kappa shape index (κ2) is 6.60. The van der Waals surface area contributed by atoms with Crippen molar-refractivity contribution in [3.05, 3.63) is 17.0 Å². The smallest absolute Gasteiger partial charge is 0.317 e. The van der Waals surface area contributed by atoms with Gasteiger partial charge in [-0.1, -0.05) is 5.16 Å². The van der Waals surface area contributed by atoms with Crippen LogP contribution in [-0.4, -0.2) is 59.1 Å². The van der Waals surface area contributed by atoms with Crippen LogP contribution in [0, 0.1) is 13.8 Å². The highest BCUT2D eigenvalue weighted by molar-refractivity contribution is 5.77. The Morgan fingerprint density at radius 3 is 2.61 bits per heavy atom. The Bertz CT molecular complexity index is 571. The highest BCUT2D eigenvalue weighted by Crippen LogP contribution is 2.20. The topological polar surface area (TPSA) is 78.7 Å². The van der Waals surface area contributed by atoms with Gasteiger partial charge in [-0.3, -0.25) is 4.79 Å². The average molecular weight is 320 g/mol. The van der Waals surface area contributed by atoms with Gasteiger partial charge < -0.3 is 19.6 Å². The third-order valence-corrected chi connectivity index (χ3v) is 4.92. The SMILES string of the molecule is Cc1noc(C)c1CCC(=O)N1CCC(N2CCNC2=O)CC1. The van der Waals surface area contributed by atoms with Gasteiger partial charge in [0, 0.05) is 44.2 Å². The predicted octanol–water partition coefficient (Wildman–Crippen LogP) is 1.24. The third kappa shape index (κ3) is 3.33. The van der Waals surface area contributed by atoms with E-state index < -0.39 is 0 Å². The third-order valence-electron chi connectivity index (χ3n) is 4.92. The summed E-state index contributed by atoms with van der Waals surface area (Å²) in [6, 6.07) is 0.303. The van der Waals surface area contributed by atoms with Crippen LogP contribution >= 0.6 is 0 Å². The molecule has 126 valence electrons. The van der Waals surface area contributed by atoms with E-state index in [4.69, 9.17) is 4.52 Å². The number of likely N-dealkylation sites (tertiary alicyclic amines) is 1. The molecule has 0 saturated carbocycles. The Morgan fingerprint density at radius 1 is 1.30 bits per heavy atom. The van der Waals surface area contributed by atoms with Crippen molar-refractivity contribution in [2.45, 2.75) is 45.6 Å². The molecule has 7 heteroatoms. The van der Waals surface area contributed by atoms with Crippen molar-refractivity contribution in [1.82, 2.24) is 20.3 Å². The Labute approximate surface area is 136 Å². The van der Waals surface area contributed by atoms with E-state index in [2.05, 4.69) is 10.5 Å². The summed E-state index contributed by atoms with van der Waals surface area (Å²) in [4.78, 5) is 27.9. The molecule has 1 N–H and O–H groups in total. The van der Waals surface area contributed by atoms with E-state index in [0.29, 0.717) is 12.8 Å². The normalized spacial score (nSPS) is 19.3. The average Bonchev–Trinajstić information content (AvgIpc) is 3.11. The number of amides is 3. The maximum Gasteiger partial charge on any atom is 0.317 e. The molecule has 2 fully saturated rings. The Morgan fingerprint density at radius 2 is 2.04 bits per heavy atom. The van der Waals surface area contributed by atoms with Crippen molar-refractivity contribution >= 4 is 11.9 Å². The van der Waals surface area contributed by atoms with E-state index in [9.17, 15) is 9.59 Å². The number of carbonyl (C=O) groups excluding carboxylic acids is 2. The van der Waals surface area contributed by atoms with Crippen LogP contribution in [-0.2, 0) is 11.2 Å². The van der Waals surface area contributed by atoms with E-state index >= 15 is 0 Å². The summed E-state index contributed by atoms with van der Waals surface area (Å²) < 4.78 is 5.14. The van der Waals surface area contributed by atoms with Crippen LogP contribution in [0.25, 0.3) is 0 Å². The van der Waals surface area contributed by atoms with Crippen LogP contribution in [0.1, 0.15) is 36.3 Å². The minimum atomic E-state index is 0.0354. The summed E-state index contributed by atoms with van der Waals surface area (Å²) in [5.41, 5.74) is 1.91. The molecule has 0 bridgehead atoms. The maximum atomic E-state index is 12.4. The number of nitrogens with one attached hydrogen (secondary N) is 1. The van der Waals surface area contributed by atoms with Crippen molar-refractivity contribution in [3.63, 3.8) is 0 Å². The Kier molecular flexibility index (Phi) is 4.54. The van der Waals surface area contributed by atoms with Crippen LogP contribution in [0.5, 0.6) is 0 Å². The highest BCUT2D eigenvalue weighted by atomic mass is 16.5. The van der Waals surface area contributed by atoms with Crippen molar-refractivity contribution in [1.29, 1.82) is 0 Å². The molecule has 2 aliphatic heterocycles. The maximum absolute atomic E-state index is 12.4. The van der Waals surface area contributed by atoms with Crippen molar-refractivity contribution in [2.75, 3.05) is 26.2 Å². The molecule has 0 atom stereocenters.